The van der Waals surface area contributed by atoms with Crippen LogP contribution in [-0.2, 0) is 18.9 Å². The van der Waals surface area contributed by atoms with Gasteiger partial charge >= 0.3 is 0 Å². The van der Waals surface area contributed by atoms with Crippen molar-refractivity contribution in [2.24, 2.45) is 0 Å². The molecule has 6 N–H and O–H groups in total. The minimum absolute atomic E-state index is 0.275. The predicted molar refractivity (Wildman–Crippen MR) is 109 cm³/mol. The molecule has 3 aliphatic rings. The number of fused-ring (bicyclic) bond motifs is 1. The van der Waals surface area contributed by atoms with Crippen molar-refractivity contribution in [2.75, 3.05) is 6.61 Å². The average molecular weight is 454 g/mol. The highest BCUT2D eigenvalue weighted by Gasteiger charge is 2.51. The molecule has 0 radical (unpaired) electrons. The highest BCUT2D eigenvalue weighted by atomic mass is 16.8. The van der Waals surface area contributed by atoms with E-state index in [-0.39, 0.29) is 6.10 Å². The molecule has 0 bridgehead atoms. The Morgan fingerprint density at radius 1 is 0.844 bits per heavy atom. The average Bonchev–Trinajstić information content (AvgIpc) is 2.82. The molecule has 3 aliphatic heterocycles. The van der Waals surface area contributed by atoms with Gasteiger partial charge < -0.3 is 49.6 Å². The summed E-state index contributed by atoms with van der Waals surface area (Å²) in [5, 5.41) is 60.5. The Morgan fingerprint density at radius 3 is 2.16 bits per heavy atom. The minimum atomic E-state index is -1.65. The molecule has 0 saturated carbocycles. The van der Waals surface area contributed by atoms with Gasteiger partial charge in [0.05, 0.1) is 18.8 Å². The van der Waals surface area contributed by atoms with Crippen LogP contribution in [0.25, 0.3) is 6.08 Å². The van der Waals surface area contributed by atoms with Gasteiger partial charge in [0.15, 0.2) is 12.6 Å². The quantitative estimate of drug-likeness (QED) is 0.320. The van der Waals surface area contributed by atoms with Gasteiger partial charge in [0.25, 0.3) is 0 Å². The summed E-state index contributed by atoms with van der Waals surface area (Å²) >= 11 is 0. The standard InChI is InChI=1S/C22H30O10/c1-2-10-3-5-11(6-4-10)12-7-8-13-20(29-12)17(26)19(28)22(30-13)32-21-18(27)16(25)15(24)14(9-23)31-21/h2-6,12-28H,1,7-9H2/t12?,13-,14-,15-,16+,17-,18-,19-,20-,21-,22-/m1/s1. The van der Waals surface area contributed by atoms with E-state index in [1.165, 1.54) is 0 Å². The number of ether oxygens (including phenoxy) is 4. The molecule has 178 valence electrons. The van der Waals surface area contributed by atoms with E-state index in [9.17, 15) is 30.6 Å². The summed E-state index contributed by atoms with van der Waals surface area (Å²) in [6.07, 6.45) is -10.5. The fourth-order valence-corrected chi connectivity index (χ4v) is 4.40. The molecule has 10 heteroatoms. The van der Waals surface area contributed by atoms with Gasteiger partial charge in [-0.3, -0.25) is 0 Å². The molecular formula is C22H30O10. The number of hydrogen-bond donors (Lipinski definition) is 6. The van der Waals surface area contributed by atoms with Crippen molar-refractivity contribution in [1.82, 2.24) is 0 Å². The van der Waals surface area contributed by atoms with E-state index in [1.54, 1.807) is 6.08 Å². The molecule has 1 unspecified atom stereocenters. The summed E-state index contributed by atoms with van der Waals surface area (Å²) in [6, 6.07) is 7.70. The van der Waals surface area contributed by atoms with E-state index in [2.05, 4.69) is 6.58 Å². The lowest BCUT2D eigenvalue weighted by atomic mass is 9.89. The SMILES string of the molecule is C=Cc1ccc(C2CC[C@H]3O[C@H](O[C@H]4O[C@H](CO)[C@@H](O)[C@H](O)[C@H]4O)[C@H](O)[C@@H](O)[C@@H]3O2)cc1. The second kappa shape index (κ2) is 9.82. The first-order valence-electron chi connectivity index (χ1n) is 10.7. The zero-order valence-corrected chi connectivity index (χ0v) is 17.4. The Bertz CT molecular complexity index is 768. The van der Waals surface area contributed by atoms with E-state index in [1.807, 2.05) is 24.3 Å². The third kappa shape index (κ3) is 4.48. The monoisotopic (exact) mass is 454 g/mol. The Balaban J connectivity index is 1.41. The van der Waals surface area contributed by atoms with E-state index >= 15 is 0 Å². The van der Waals surface area contributed by atoms with Gasteiger partial charge in [0.1, 0.15) is 42.7 Å². The lowest BCUT2D eigenvalue weighted by Gasteiger charge is -2.48. The van der Waals surface area contributed by atoms with Crippen LogP contribution in [0.4, 0.5) is 0 Å². The third-order valence-electron chi connectivity index (χ3n) is 6.34. The first kappa shape index (κ1) is 23.7. The van der Waals surface area contributed by atoms with E-state index < -0.39 is 68.0 Å². The van der Waals surface area contributed by atoms with Gasteiger partial charge in [-0.25, -0.2) is 0 Å². The Morgan fingerprint density at radius 2 is 1.50 bits per heavy atom. The third-order valence-corrected chi connectivity index (χ3v) is 6.34. The van der Waals surface area contributed by atoms with Crippen LogP contribution < -0.4 is 0 Å². The number of aliphatic hydroxyl groups excluding tert-OH is 6. The minimum Gasteiger partial charge on any atom is -0.394 e. The Hall–Kier alpha value is -1.44. The molecule has 0 amide bonds. The summed E-state index contributed by atoms with van der Waals surface area (Å²) < 4.78 is 22.7. The van der Waals surface area contributed by atoms with Crippen molar-refractivity contribution in [1.29, 1.82) is 0 Å². The summed E-state index contributed by atoms with van der Waals surface area (Å²) in [6.45, 7) is 3.12. The zero-order valence-electron chi connectivity index (χ0n) is 17.4. The van der Waals surface area contributed by atoms with Gasteiger partial charge in [-0.15, -0.1) is 0 Å². The number of rotatable bonds is 5. The topological polar surface area (TPSA) is 158 Å². The summed E-state index contributed by atoms with van der Waals surface area (Å²) in [4.78, 5) is 0. The molecule has 3 fully saturated rings. The van der Waals surface area contributed by atoms with Crippen molar-refractivity contribution in [3.63, 3.8) is 0 Å². The van der Waals surface area contributed by atoms with Crippen LogP contribution in [0.15, 0.2) is 30.8 Å². The maximum atomic E-state index is 10.7. The van der Waals surface area contributed by atoms with E-state index in [0.29, 0.717) is 12.8 Å². The van der Waals surface area contributed by atoms with Crippen molar-refractivity contribution in [3.8, 4) is 0 Å². The van der Waals surface area contributed by atoms with Crippen molar-refractivity contribution in [2.45, 2.75) is 80.4 Å². The van der Waals surface area contributed by atoms with Crippen LogP contribution in [0, 0.1) is 0 Å². The van der Waals surface area contributed by atoms with E-state index in [4.69, 9.17) is 18.9 Å². The molecule has 4 rings (SSSR count). The predicted octanol–water partition coefficient (Wildman–Crippen LogP) is -1.19. The smallest absolute Gasteiger partial charge is 0.189 e. The summed E-state index contributed by atoms with van der Waals surface area (Å²) in [5.41, 5.74) is 1.92. The van der Waals surface area contributed by atoms with Crippen molar-refractivity contribution in [3.05, 3.63) is 42.0 Å². The van der Waals surface area contributed by atoms with Gasteiger partial charge in [-0.1, -0.05) is 36.9 Å². The molecule has 11 atom stereocenters. The fraction of sp³-hybridized carbons (Fsp3) is 0.636. The largest absolute Gasteiger partial charge is 0.394 e. The number of benzene rings is 1. The highest BCUT2D eigenvalue weighted by Crippen LogP contribution is 2.39. The van der Waals surface area contributed by atoms with Crippen molar-refractivity contribution < 1.29 is 49.6 Å². The number of aliphatic hydroxyl groups is 6. The lowest BCUT2D eigenvalue weighted by molar-refractivity contribution is -0.382. The number of hydrogen-bond acceptors (Lipinski definition) is 10. The fourth-order valence-electron chi connectivity index (χ4n) is 4.40. The Labute approximate surface area is 185 Å². The molecule has 0 spiro atoms. The molecule has 3 heterocycles. The van der Waals surface area contributed by atoms with Crippen LogP contribution in [0.1, 0.15) is 30.1 Å². The van der Waals surface area contributed by atoms with Crippen LogP contribution in [0.3, 0.4) is 0 Å². The lowest BCUT2D eigenvalue weighted by Crippen LogP contribution is -2.64. The normalized spacial score (nSPS) is 44.6. The first-order chi connectivity index (χ1) is 15.3. The molecule has 1 aromatic rings. The molecule has 1 aromatic carbocycles. The first-order valence-corrected chi connectivity index (χ1v) is 10.7. The van der Waals surface area contributed by atoms with Crippen LogP contribution in [-0.4, -0.2) is 98.7 Å². The summed E-state index contributed by atoms with van der Waals surface area (Å²) in [5.74, 6) is 0. The van der Waals surface area contributed by atoms with E-state index in [0.717, 1.165) is 11.1 Å². The zero-order chi connectivity index (χ0) is 23.0. The van der Waals surface area contributed by atoms with Gasteiger partial charge in [-0.05, 0) is 24.0 Å². The summed E-state index contributed by atoms with van der Waals surface area (Å²) in [7, 11) is 0. The second-order valence-corrected chi connectivity index (χ2v) is 8.39. The van der Waals surface area contributed by atoms with Crippen molar-refractivity contribution >= 4 is 6.08 Å². The highest BCUT2D eigenvalue weighted by molar-refractivity contribution is 5.47. The molecule has 3 saturated heterocycles. The second-order valence-electron chi connectivity index (χ2n) is 8.39. The van der Waals surface area contributed by atoms with Gasteiger partial charge in [-0.2, -0.15) is 0 Å². The molecular weight excluding hydrogens is 424 g/mol. The van der Waals surface area contributed by atoms with Gasteiger partial charge in [0, 0.05) is 0 Å². The van der Waals surface area contributed by atoms with Crippen LogP contribution >= 0.6 is 0 Å². The van der Waals surface area contributed by atoms with Crippen LogP contribution in [0.2, 0.25) is 0 Å². The molecule has 10 nitrogen and oxygen atoms in total. The maximum Gasteiger partial charge on any atom is 0.189 e. The molecule has 0 aromatic heterocycles. The van der Waals surface area contributed by atoms with Gasteiger partial charge in [0.2, 0.25) is 0 Å². The Kier molecular flexibility index (Phi) is 7.27. The molecule has 0 aliphatic carbocycles. The van der Waals surface area contributed by atoms with Crippen LogP contribution in [0.5, 0.6) is 0 Å². The molecule has 32 heavy (non-hydrogen) atoms. The maximum absolute atomic E-state index is 10.7.